The molecule has 3 N–H and O–H groups in total. The van der Waals surface area contributed by atoms with Gasteiger partial charge in [0.15, 0.2) is 33.2 Å². The zero-order valence-corrected chi connectivity index (χ0v) is 51.7. The van der Waals surface area contributed by atoms with Crippen LogP contribution in [-0.4, -0.2) is 146 Å². The fourth-order valence-corrected chi connectivity index (χ4v) is 10.3. The minimum atomic E-state index is -1.02. The number of hydrogen-bond donors (Lipinski definition) is 3. The van der Waals surface area contributed by atoms with Gasteiger partial charge in [0.25, 0.3) is 0 Å². The molecule has 0 spiro atoms. The molecule has 0 aromatic carbocycles. The van der Waals surface area contributed by atoms with Gasteiger partial charge in [-0.3, -0.25) is 48.9 Å². The quantitative estimate of drug-likeness (QED) is 0.0689. The molecule has 29 heteroatoms. The third-order valence-corrected chi connectivity index (χ3v) is 14.6. The number of amides is 2. The average Bonchev–Trinajstić information content (AvgIpc) is 0.831. The van der Waals surface area contributed by atoms with E-state index < -0.39 is 95.3 Å². The molecular formula is C56H69Cl3F2N12O12. The molecule has 0 radical (unpaired) electrons. The smallest absolute Gasteiger partial charge is 0.410 e. The van der Waals surface area contributed by atoms with E-state index in [1.165, 1.54) is 9.80 Å². The Bertz CT molecular complexity index is 3690. The minimum Gasteiger partial charge on any atom is -0.444 e. The number of aliphatic hydroxyl groups is 2. The molecule has 6 aromatic rings. The summed E-state index contributed by atoms with van der Waals surface area (Å²) in [4.78, 5) is 95.8. The summed E-state index contributed by atoms with van der Waals surface area (Å²) in [6.07, 6.45) is 2.23. The van der Waals surface area contributed by atoms with E-state index in [0.717, 1.165) is 21.3 Å². The van der Waals surface area contributed by atoms with Gasteiger partial charge in [-0.25, -0.2) is 28.3 Å². The average molecular weight is 1250 g/mol. The number of nitrogens with one attached hydrogen (secondary N) is 1. The molecular weight excluding hydrogens is 1180 g/mol. The van der Waals surface area contributed by atoms with Gasteiger partial charge in [0.2, 0.25) is 0 Å². The van der Waals surface area contributed by atoms with Crippen LogP contribution in [0.15, 0.2) is 46.2 Å². The van der Waals surface area contributed by atoms with Gasteiger partial charge >= 0.3 is 34.7 Å². The van der Waals surface area contributed by atoms with E-state index in [0.29, 0.717) is 41.3 Å². The Balaban J connectivity index is 0.000000229. The molecule has 2 amide bonds. The van der Waals surface area contributed by atoms with Crippen LogP contribution in [0, 0.1) is 45.7 Å². The molecule has 2 saturated heterocycles. The molecule has 4 atom stereocenters. The first-order valence-electron chi connectivity index (χ1n) is 27.0. The molecule has 0 bridgehead atoms. The van der Waals surface area contributed by atoms with Crippen LogP contribution in [0.2, 0.25) is 15.3 Å². The lowest BCUT2D eigenvalue weighted by Crippen LogP contribution is -2.61. The van der Waals surface area contributed by atoms with Crippen LogP contribution in [-0.2, 0) is 9.47 Å². The fraction of sp³-hybridized carbons (Fsp3) is 0.500. The molecule has 8 heterocycles. The van der Waals surface area contributed by atoms with Crippen molar-refractivity contribution in [2.45, 2.75) is 144 Å². The van der Waals surface area contributed by atoms with Crippen LogP contribution in [0.25, 0.3) is 33.4 Å². The van der Waals surface area contributed by atoms with Crippen molar-refractivity contribution in [2.75, 3.05) is 44.3 Å². The van der Waals surface area contributed by atoms with Crippen molar-refractivity contribution < 1.29 is 47.9 Å². The molecule has 2 aliphatic heterocycles. The zero-order valence-electron chi connectivity index (χ0n) is 49.5. The molecule has 0 unspecified atom stereocenters. The predicted molar refractivity (Wildman–Crippen MR) is 318 cm³/mol. The molecule has 0 saturated carbocycles. The van der Waals surface area contributed by atoms with Crippen LogP contribution < -0.4 is 21.3 Å². The SMILES string of the molecule is C[C@@H]1CN[C@@H](CO)CN1C(=O)OC(C)(C)C.Cc1ccnc(C(C)C)c1-n1c(=O)c([N+](=O)[O-])c(Cl)c2cc(F)c(Cl)nc21.Cc1ccnc(C(C)C)c1-n1c(=O)c([N+](=O)[O-])c(N2C[C@@H](C)N(C(=O)OC(C)(C)C)C[C@@H]2CO)c2cc(F)c(Cl)nc21. The highest BCUT2D eigenvalue weighted by Gasteiger charge is 2.42. The summed E-state index contributed by atoms with van der Waals surface area (Å²) in [6, 6.07) is 3.84. The number of nitro groups is 2. The largest absolute Gasteiger partial charge is 0.444 e. The fourth-order valence-electron chi connectivity index (χ4n) is 9.71. The molecule has 24 nitrogen and oxygen atoms in total. The Labute approximate surface area is 502 Å². The van der Waals surface area contributed by atoms with Gasteiger partial charge in [0.05, 0.1) is 57.3 Å². The lowest BCUT2D eigenvalue weighted by atomic mass is 10.0. The Morgan fingerprint density at radius 2 is 1.14 bits per heavy atom. The van der Waals surface area contributed by atoms with Crippen molar-refractivity contribution in [2.24, 2.45) is 0 Å². The van der Waals surface area contributed by atoms with Crippen molar-refractivity contribution in [1.29, 1.82) is 0 Å². The van der Waals surface area contributed by atoms with E-state index in [9.17, 15) is 48.9 Å². The summed E-state index contributed by atoms with van der Waals surface area (Å²) < 4.78 is 41.9. The summed E-state index contributed by atoms with van der Waals surface area (Å²) in [5, 5.41) is 45.1. The number of halogens is 5. The number of nitrogens with zero attached hydrogens (tertiary/aromatic N) is 11. The number of carbonyl (C=O) groups excluding carboxylic acids is 2. The number of pyridine rings is 6. The Hall–Kier alpha value is -7.23. The van der Waals surface area contributed by atoms with Crippen LogP contribution in [0.5, 0.6) is 0 Å². The standard InChI is InChI=1S/C28H34ClFN6O6.C17H13Cl2FN4O3.C11H22N2O3/c1-14(2)20-21(15(3)8-9-31-20)35-25-18(10-19(30)24(29)32-25)22(23(26(35)38)36(40)41)34-11-16(4)33(12-17(34)13-37)27(39)42-28(5,6)7;1-7(2)12-13(8(3)4-5-21-12)23-16-9(6-10(20)15(19)22-16)11(18)14(17(23)25)24(26)27;1-8-5-12-9(7-14)6-13(8)10(15)16-11(2,3)4/h8-10,14,16-17,37H,11-13H2,1-7H3;4-7H,1-3H3;8-9,12,14H,5-7H2,1-4H3/t16-,17-;;8-,9-/m1.1/s1. The van der Waals surface area contributed by atoms with E-state index in [2.05, 4.69) is 25.3 Å². The van der Waals surface area contributed by atoms with E-state index in [1.807, 2.05) is 55.4 Å². The number of rotatable bonds is 9. The number of aryl methyl sites for hydroxylation is 2. The molecule has 8 rings (SSSR count). The second kappa shape index (κ2) is 26.6. The highest BCUT2D eigenvalue weighted by molar-refractivity contribution is 6.37. The number of anilines is 1. The number of hydrogen-bond acceptors (Lipinski definition) is 18. The molecule has 6 aromatic heterocycles. The third kappa shape index (κ3) is 14.5. The number of aliphatic hydroxyl groups excluding tert-OH is 2. The molecule has 0 aliphatic carbocycles. The number of aromatic nitrogens is 6. The summed E-state index contributed by atoms with van der Waals surface area (Å²) in [5.41, 5.74) is -2.53. The summed E-state index contributed by atoms with van der Waals surface area (Å²) in [5.74, 6) is -2.14. The van der Waals surface area contributed by atoms with E-state index in [4.69, 9.17) is 49.4 Å². The van der Waals surface area contributed by atoms with Gasteiger partial charge in [-0.2, -0.15) is 0 Å². The first kappa shape index (κ1) is 66.9. The second-order valence-corrected chi connectivity index (χ2v) is 24.3. The van der Waals surface area contributed by atoms with Gasteiger partial charge in [0, 0.05) is 62.1 Å². The van der Waals surface area contributed by atoms with E-state index >= 15 is 4.39 Å². The third-order valence-electron chi connectivity index (χ3n) is 13.7. The van der Waals surface area contributed by atoms with Crippen molar-refractivity contribution in [1.82, 2.24) is 44.2 Å². The highest BCUT2D eigenvalue weighted by Crippen LogP contribution is 2.40. The maximum Gasteiger partial charge on any atom is 0.410 e. The first-order chi connectivity index (χ1) is 39.5. The second-order valence-electron chi connectivity index (χ2n) is 23.2. The highest BCUT2D eigenvalue weighted by atomic mass is 35.5. The number of ether oxygens (including phenoxy) is 2. The summed E-state index contributed by atoms with van der Waals surface area (Å²) in [7, 11) is 0. The molecule has 85 heavy (non-hydrogen) atoms. The van der Waals surface area contributed by atoms with Crippen molar-refractivity contribution >= 4 is 86.1 Å². The van der Waals surface area contributed by atoms with Crippen LogP contribution in [0.4, 0.5) is 35.4 Å². The topological polar surface area (TPSA) is 297 Å². The molecule has 460 valence electrons. The number of piperazine rings is 2. The van der Waals surface area contributed by atoms with Crippen molar-refractivity contribution in [3.05, 3.63) is 127 Å². The van der Waals surface area contributed by atoms with Gasteiger partial charge in [-0.15, -0.1) is 0 Å². The lowest BCUT2D eigenvalue weighted by Gasteiger charge is -2.45. The van der Waals surface area contributed by atoms with Gasteiger partial charge in [0.1, 0.15) is 21.9 Å². The Morgan fingerprint density at radius 1 is 0.706 bits per heavy atom. The first-order valence-corrected chi connectivity index (χ1v) is 28.1. The van der Waals surface area contributed by atoms with Crippen LogP contribution in [0.1, 0.15) is 117 Å². The van der Waals surface area contributed by atoms with Crippen LogP contribution in [0.3, 0.4) is 0 Å². The zero-order chi connectivity index (χ0) is 63.6. The summed E-state index contributed by atoms with van der Waals surface area (Å²) in [6.45, 7) is 25.9. The minimum absolute atomic E-state index is 0.0305. The number of carbonyl (C=O) groups is 2. The monoisotopic (exact) mass is 1240 g/mol. The Morgan fingerprint density at radius 3 is 1.56 bits per heavy atom. The van der Waals surface area contributed by atoms with Crippen molar-refractivity contribution in [3.63, 3.8) is 0 Å². The lowest BCUT2D eigenvalue weighted by molar-refractivity contribution is -0.386. The van der Waals surface area contributed by atoms with E-state index in [1.54, 1.807) is 71.0 Å². The maximum atomic E-state index is 15.0. The van der Waals surface area contributed by atoms with Crippen LogP contribution >= 0.6 is 34.8 Å². The normalized spacial score (nSPS) is 17.4. The Kier molecular flexibility index (Phi) is 20.9. The van der Waals surface area contributed by atoms with Gasteiger partial charge < -0.3 is 39.7 Å². The molecule has 2 aliphatic rings. The summed E-state index contributed by atoms with van der Waals surface area (Å²) >= 11 is 18.0. The van der Waals surface area contributed by atoms with Gasteiger partial charge in [-0.05, 0) is 116 Å². The van der Waals surface area contributed by atoms with Crippen molar-refractivity contribution in [3.8, 4) is 11.4 Å². The van der Waals surface area contributed by atoms with Gasteiger partial charge in [-0.1, -0.05) is 62.5 Å². The molecule has 2 fully saturated rings. The van der Waals surface area contributed by atoms with E-state index in [-0.39, 0.29) is 83.2 Å². The predicted octanol–water partition coefficient (Wildman–Crippen LogP) is 9.86. The number of fused-ring (bicyclic) bond motifs is 2. The maximum absolute atomic E-state index is 15.0.